The van der Waals surface area contributed by atoms with Crippen LogP contribution in [0.3, 0.4) is 0 Å². The Morgan fingerprint density at radius 2 is 1.68 bits per heavy atom. The minimum atomic E-state index is -0.467. The monoisotopic (exact) mass is 279 g/mol. The van der Waals surface area contributed by atoms with E-state index in [1.165, 1.54) is 30.3 Å². The first-order valence-corrected chi connectivity index (χ1v) is 5.91. The molecule has 0 aliphatic carbocycles. The molecule has 0 radical (unpaired) electrons. The van der Waals surface area contributed by atoms with Gasteiger partial charge in [0.15, 0.2) is 0 Å². The summed E-state index contributed by atoms with van der Waals surface area (Å²) in [5, 5.41) is 0. The molecule has 2 aromatic carbocycles. The van der Waals surface area contributed by atoms with Crippen LogP contribution in [-0.4, -0.2) is 4.99 Å². The molecule has 19 heavy (non-hydrogen) atoms. The Hall–Kier alpha value is -2.01. The maximum atomic E-state index is 13.2. The molecule has 0 bridgehead atoms. The zero-order valence-electron chi connectivity index (χ0n) is 10.1. The van der Waals surface area contributed by atoms with Crippen molar-refractivity contribution in [3.8, 4) is 11.5 Å². The zero-order valence-corrected chi connectivity index (χ0v) is 10.9. The quantitative estimate of drug-likeness (QED) is 0.870. The van der Waals surface area contributed by atoms with Gasteiger partial charge in [0.1, 0.15) is 28.1 Å². The van der Waals surface area contributed by atoms with Crippen molar-refractivity contribution >= 4 is 17.2 Å². The lowest BCUT2D eigenvalue weighted by Gasteiger charge is -2.12. The Morgan fingerprint density at radius 1 is 1.05 bits per heavy atom. The van der Waals surface area contributed by atoms with Crippen LogP contribution in [0.5, 0.6) is 11.5 Å². The Kier molecular flexibility index (Phi) is 3.76. The minimum Gasteiger partial charge on any atom is -0.456 e. The molecule has 0 amide bonds. The van der Waals surface area contributed by atoms with Crippen LogP contribution in [0.2, 0.25) is 0 Å². The molecule has 2 N–H and O–H groups in total. The fraction of sp³-hybridized carbons (Fsp3) is 0.0714. The number of ether oxygens (including phenoxy) is 1. The summed E-state index contributed by atoms with van der Waals surface area (Å²) in [5.74, 6) is -0.252. The maximum Gasteiger partial charge on any atom is 0.137 e. The molecule has 5 heteroatoms. The molecule has 0 fully saturated rings. The third-order valence-corrected chi connectivity index (χ3v) is 2.80. The summed E-state index contributed by atoms with van der Waals surface area (Å²) in [7, 11) is 0. The highest BCUT2D eigenvalue weighted by molar-refractivity contribution is 7.80. The summed E-state index contributed by atoms with van der Waals surface area (Å²) in [6.07, 6.45) is 0. The molecule has 2 nitrogen and oxygen atoms in total. The number of nitrogens with two attached hydrogens (primary N) is 1. The van der Waals surface area contributed by atoms with Gasteiger partial charge in [-0.1, -0.05) is 18.3 Å². The van der Waals surface area contributed by atoms with Crippen LogP contribution >= 0.6 is 12.2 Å². The summed E-state index contributed by atoms with van der Waals surface area (Å²) in [5.41, 5.74) is 6.54. The van der Waals surface area contributed by atoms with Gasteiger partial charge in [0.25, 0.3) is 0 Å². The fourth-order valence-electron chi connectivity index (χ4n) is 1.59. The molecule has 2 aromatic rings. The number of thiocarbonyl (C=S) groups is 1. The Balaban J connectivity index is 2.43. The van der Waals surface area contributed by atoms with Crippen LogP contribution < -0.4 is 10.5 Å². The summed E-state index contributed by atoms with van der Waals surface area (Å²) in [6, 6.07) is 8.00. The molecule has 0 atom stereocenters. The van der Waals surface area contributed by atoms with Crippen molar-refractivity contribution < 1.29 is 13.5 Å². The van der Waals surface area contributed by atoms with Crippen molar-refractivity contribution in [2.45, 2.75) is 6.92 Å². The predicted octanol–water partition coefficient (Wildman–Crippen LogP) is 3.70. The normalized spacial score (nSPS) is 10.3. The average molecular weight is 279 g/mol. The van der Waals surface area contributed by atoms with E-state index in [0.717, 1.165) is 5.56 Å². The van der Waals surface area contributed by atoms with E-state index in [2.05, 4.69) is 0 Å². The van der Waals surface area contributed by atoms with Crippen molar-refractivity contribution in [3.63, 3.8) is 0 Å². The highest BCUT2D eigenvalue weighted by Gasteiger charge is 2.11. The molecule has 0 spiro atoms. The lowest BCUT2D eigenvalue weighted by atomic mass is 10.2. The lowest BCUT2D eigenvalue weighted by molar-refractivity contribution is 0.470. The predicted molar refractivity (Wildman–Crippen MR) is 73.5 cm³/mol. The Morgan fingerprint density at radius 3 is 2.37 bits per heavy atom. The van der Waals surface area contributed by atoms with E-state index in [9.17, 15) is 8.78 Å². The van der Waals surface area contributed by atoms with Gasteiger partial charge >= 0.3 is 0 Å². The van der Waals surface area contributed by atoms with Crippen LogP contribution in [0.15, 0.2) is 36.4 Å². The molecular formula is C14H11F2NOS. The molecule has 0 saturated heterocycles. The van der Waals surface area contributed by atoms with E-state index in [-0.39, 0.29) is 10.6 Å². The van der Waals surface area contributed by atoms with Gasteiger partial charge in [-0.15, -0.1) is 0 Å². The van der Waals surface area contributed by atoms with Gasteiger partial charge in [-0.2, -0.15) is 0 Å². The number of halogens is 2. The number of aryl methyl sites for hydroxylation is 1. The molecule has 0 aliphatic heterocycles. The van der Waals surface area contributed by atoms with E-state index >= 15 is 0 Å². The molecule has 0 saturated carbocycles. The van der Waals surface area contributed by atoms with E-state index in [1.54, 1.807) is 13.0 Å². The standard InChI is InChI=1S/C14H11F2NOS/c1-8-2-3-10(16)7-13(8)18-12-5-4-9(15)6-11(12)14(17)19/h2-7H,1H3,(H2,17,19). The number of rotatable bonds is 3. The molecule has 98 valence electrons. The largest absolute Gasteiger partial charge is 0.456 e. The first-order chi connectivity index (χ1) is 8.97. The fourth-order valence-corrected chi connectivity index (χ4v) is 1.75. The van der Waals surface area contributed by atoms with Crippen molar-refractivity contribution in [2.24, 2.45) is 5.73 Å². The summed E-state index contributed by atoms with van der Waals surface area (Å²) < 4.78 is 31.9. The van der Waals surface area contributed by atoms with Gasteiger partial charge in [0.05, 0.1) is 5.56 Å². The third kappa shape index (κ3) is 3.06. The molecule has 0 aliphatic rings. The molecular weight excluding hydrogens is 268 g/mol. The average Bonchev–Trinajstić information content (AvgIpc) is 2.35. The summed E-state index contributed by atoms with van der Waals surface area (Å²) in [4.78, 5) is 0.0172. The van der Waals surface area contributed by atoms with Crippen LogP contribution in [0.4, 0.5) is 8.78 Å². The number of hydrogen-bond acceptors (Lipinski definition) is 2. The van der Waals surface area contributed by atoms with E-state index < -0.39 is 11.6 Å². The van der Waals surface area contributed by atoms with Gasteiger partial charge in [-0.3, -0.25) is 0 Å². The topological polar surface area (TPSA) is 35.2 Å². The second-order valence-corrected chi connectivity index (χ2v) is 4.46. The van der Waals surface area contributed by atoms with Crippen molar-refractivity contribution in [1.29, 1.82) is 0 Å². The van der Waals surface area contributed by atoms with Gasteiger partial charge in [0.2, 0.25) is 0 Å². The van der Waals surface area contributed by atoms with Gasteiger partial charge < -0.3 is 10.5 Å². The van der Waals surface area contributed by atoms with Gasteiger partial charge in [0, 0.05) is 6.07 Å². The van der Waals surface area contributed by atoms with Crippen LogP contribution in [0.1, 0.15) is 11.1 Å². The van der Waals surface area contributed by atoms with Crippen LogP contribution in [0, 0.1) is 18.6 Å². The SMILES string of the molecule is Cc1ccc(F)cc1Oc1ccc(F)cc1C(N)=S. The van der Waals surface area contributed by atoms with Gasteiger partial charge in [-0.05, 0) is 36.8 Å². The maximum absolute atomic E-state index is 13.2. The van der Waals surface area contributed by atoms with Crippen LogP contribution in [-0.2, 0) is 0 Å². The minimum absolute atomic E-state index is 0.0172. The second kappa shape index (κ2) is 5.32. The number of hydrogen-bond donors (Lipinski definition) is 1. The lowest BCUT2D eigenvalue weighted by Crippen LogP contribution is -2.11. The molecule has 0 aromatic heterocycles. The zero-order chi connectivity index (χ0) is 14.0. The molecule has 2 rings (SSSR count). The molecule has 0 unspecified atom stereocenters. The van der Waals surface area contributed by atoms with Crippen molar-refractivity contribution in [2.75, 3.05) is 0 Å². The van der Waals surface area contributed by atoms with E-state index in [4.69, 9.17) is 22.7 Å². The first kappa shape index (κ1) is 13.4. The Bertz CT molecular complexity index is 643. The third-order valence-electron chi connectivity index (χ3n) is 2.58. The summed E-state index contributed by atoms with van der Waals surface area (Å²) in [6.45, 7) is 1.78. The summed E-state index contributed by atoms with van der Waals surface area (Å²) >= 11 is 4.84. The van der Waals surface area contributed by atoms with E-state index in [0.29, 0.717) is 11.5 Å². The van der Waals surface area contributed by atoms with Gasteiger partial charge in [-0.25, -0.2) is 8.78 Å². The van der Waals surface area contributed by atoms with E-state index in [1.807, 2.05) is 0 Å². The first-order valence-electron chi connectivity index (χ1n) is 5.51. The van der Waals surface area contributed by atoms with Crippen molar-refractivity contribution in [1.82, 2.24) is 0 Å². The smallest absolute Gasteiger partial charge is 0.137 e. The second-order valence-electron chi connectivity index (χ2n) is 4.02. The molecule has 0 heterocycles. The Labute approximate surface area is 114 Å². The van der Waals surface area contributed by atoms with Crippen molar-refractivity contribution in [3.05, 3.63) is 59.2 Å². The number of benzene rings is 2. The highest BCUT2D eigenvalue weighted by Crippen LogP contribution is 2.29. The highest BCUT2D eigenvalue weighted by atomic mass is 32.1. The van der Waals surface area contributed by atoms with Crippen LogP contribution in [0.25, 0.3) is 0 Å².